The predicted octanol–water partition coefficient (Wildman–Crippen LogP) is 2.43. The number of pyridine rings is 1. The third-order valence-corrected chi connectivity index (χ3v) is 5.68. The zero-order valence-corrected chi connectivity index (χ0v) is 16.3. The zero-order chi connectivity index (χ0) is 20.7. The predicted molar refractivity (Wildman–Crippen MR) is 107 cm³/mol. The minimum Gasteiger partial charge on any atom is -0.349 e. The minimum absolute atomic E-state index is 0.116. The molecular formula is C21H20FN3O3S. The minimum atomic E-state index is -4.02. The fourth-order valence-electron chi connectivity index (χ4n) is 2.71. The summed E-state index contributed by atoms with van der Waals surface area (Å²) in [6.07, 6.45) is 1.77. The van der Waals surface area contributed by atoms with E-state index in [-0.39, 0.29) is 17.9 Å². The number of carbonyl (C=O) groups is 1. The second-order valence-corrected chi connectivity index (χ2v) is 8.07. The summed E-state index contributed by atoms with van der Waals surface area (Å²) in [6, 6.07) is 17.8. The Labute approximate surface area is 168 Å². The average molecular weight is 413 g/mol. The number of rotatable bonds is 8. The molecule has 0 spiro atoms. The van der Waals surface area contributed by atoms with Gasteiger partial charge in [-0.1, -0.05) is 36.4 Å². The fourth-order valence-corrected chi connectivity index (χ4v) is 3.91. The first-order chi connectivity index (χ1) is 13.9. The van der Waals surface area contributed by atoms with E-state index in [0.29, 0.717) is 5.69 Å². The van der Waals surface area contributed by atoms with E-state index in [9.17, 15) is 17.6 Å². The van der Waals surface area contributed by atoms with Gasteiger partial charge in [-0.15, -0.1) is 0 Å². The molecule has 0 aliphatic carbocycles. The van der Waals surface area contributed by atoms with Gasteiger partial charge in [-0.25, -0.2) is 12.8 Å². The van der Waals surface area contributed by atoms with Crippen LogP contribution in [0.2, 0.25) is 0 Å². The van der Waals surface area contributed by atoms with Crippen molar-refractivity contribution in [2.45, 2.75) is 23.9 Å². The van der Waals surface area contributed by atoms with Gasteiger partial charge in [0.1, 0.15) is 11.9 Å². The summed E-state index contributed by atoms with van der Waals surface area (Å²) in [5.41, 5.74) is 1.45. The number of hydrogen-bond donors (Lipinski definition) is 2. The highest BCUT2D eigenvalue weighted by Gasteiger charge is 2.26. The van der Waals surface area contributed by atoms with E-state index in [1.165, 1.54) is 0 Å². The summed E-state index contributed by atoms with van der Waals surface area (Å²) in [5, 5.41) is 2.71. The lowest BCUT2D eigenvalue weighted by atomic mass is 10.1. The van der Waals surface area contributed by atoms with Gasteiger partial charge in [0.05, 0.1) is 17.1 Å². The molecule has 0 fully saturated rings. The Kier molecular flexibility index (Phi) is 6.69. The van der Waals surface area contributed by atoms with Crippen LogP contribution in [0.4, 0.5) is 4.39 Å². The van der Waals surface area contributed by atoms with Crippen molar-refractivity contribution in [3.05, 3.63) is 96.1 Å². The fraction of sp³-hybridized carbons (Fsp3) is 0.143. The van der Waals surface area contributed by atoms with Gasteiger partial charge in [0.2, 0.25) is 15.9 Å². The van der Waals surface area contributed by atoms with Crippen molar-refractivity contribution in [3.63, 3.8) is 0 Å². The molecule has 0 saturated heterocycles. The van der Waals surface area contributed by atoms with E-state index < -0.39 is 27.8 Å². The Balaban J connectivity index is 1.78. The third-order valence-electron chi connectivity index (χ3n) is 4.19. The first-order valence-electron chi connectivity index (χ1n) is 8.93. The largest absolute Gasteiger partial charge is 0.349 e. The number of benzene rings is 2. The molecule has 3 rings (SSSR count). The molecule has 0 aliphatic heterocycles. The summed E-state index contributed by atoms with van der Waals surface area (Å²) in [4.78, 5) is 16.8. The van der Waals surface area contributed by atoms with E-state index in [1.807, 2.05) is 30.3 Å². The molecule has 2 aromatic carbocycles. The van der Waals surface area contributed by atoms with Gasteiger partial charge in [-0.05, 0) is 48.4 Å². The summed E-state index contributed by atoms with van der Waals surface area (Å²) in [6.45, 7) is 0.170. The van der Waals surface area contributed by atoms with E-state index in [4.69, 9.17) is 0 Å². The molecule has 0 aliphatic rings. The van der Waals surface area contributed by atoms with Crippen LogP contribution in [-0.2, 0) is 27.8 Å². The van der Waals surface area contributed by atoms with Crippen molar-refractivity contribution in [3.8, 4) is 0 Å². The monoisotopic (exact) mass is 413 g/mol. The van der Waals surface area contributed by atoms with E-state index >= 15 is 0 Å². The number of hydrogen-bond acceptors (Lipinski definition) is 4. The molecule has 0 unspecified atom stereocenters. The maximum Gasteiger partial charge on any atom is 0.241 e. The molecule has 0 radical (unpaired) electrons. The number of halogens is 1. The smallest absolute Gasteiger partial charge is 0.241 e. The lowest BCUT2D eigenvalue weighted by Gasteiger charge is -2.19. The van der Waals surface area contributed by atoms with Gasteiger partial charge in [0.15, 0.2) is 0 Å². The molecule has 1 atom stereocenters. The summed E-state index contributed by atoms with van der Waals surface area (Å²) in [5.74, 6) is -1.02. The summed E-state index contributed by atoms with van der Waals surface area (Å²) >= 11 is 0. The Bertz CT molecular complexity index is 1040. The average Bonchev–Trinajstić information content (AvgIpc) is 2.73. The Hall–Kier alpha value is -3.10. The summed E-state index contributed by atoms with van der Waals surface area (Å²) < 4.78 is 41.0. The molecule has 6 nitrogen and oxygen atoms in total. The van der Waals surface area contributed by atoms with Crippen molar-refractivity contribution < 1.29 is 17.6 Å². The quantitative estimate of drug-likeness (QED) is 0.594. The molecule has 29 heavy (non-hydrogen) atoms. The van der Waals surface area contributed by atoms with Gasteiger partial charge in [-0.2, -0.15) is 4.72 Å². The van der Waals surface area contributed by atoms with Gasteiger partial charge >= 0.3 is 0 Å². The Morgan fingerprint density at radius 3 is 2.31 bits per heavy atom. The SMILES string of the molecule is O=C(NCc1ccccn1)[C@H](Cc1ccccc1)NS(=O)(=O)c1ccc(F)cc1. The molecule has 8 heteroatoms. The molecule has 1 heterocycles. The van der Waals surface area contributed by atoms with Crippen molar-refractivity contribution in [2.24, 2.45) is 0 Å². The highest BCUT2D eigenvalue weighted by atomic mass is 32.2. The number of nitrogens with one attached hydrogen (secondary N) is 2. The van der Waals surface area contributed by atoms with E-state index in [2.05, 4.69) is 15.0 Å². The third kappa shape index (κ3) is 5.94. The van der Waals surface area contributed by atoms with Crippen LogP contribution in [0.3, 0.4) is 0 Å². The maximum atomic E-state index is 13.1. The van der Waals surface area contributed by atoms with Crippen LogP contribution >= 0.6 is 0 Å². The van der Waals surface area contributed by atoms with E-state index in [1.54, 1.807) is 24.4 Å². The van der Waals surface area contributed by atoms with Gasteiger partial charge in [0, 0.05) is 6.20 Å². The van der Waals surface area contributed by atoms with E-state index in [0.717, 1.165) is 29.8 Å². The van der Waals surface area contributed by atoms with Crippen LogP contribution in [0.25, 0.3) is 0 Å². The topological polar surface area (TPSA) is 88.2 Å². The van der Waals surface area contributed by atoms with Crippen LogP contribution in [0.1, 0.15) is 11.3 Å². The molecule has 0 bridgehead atoms. The summed E-state index contributed by atoms with van der Waals surface area (Å²) in [7, 11) is -4.02. The molecule has 1 aromatic heterocycles. The molecule has 0 saturated carbocycles. The van der Waals surface area contributed by atoms with Gasteiger partial charge < -0.3 is 5.32 Å². The highest BCUT2D eigenvalue weighted by Crippen LogP contribution is 2.12. The number of nitrogens with zero attached hydrogens (tertiary/aromatic N) is 1. The Morgan fingerprint density at radius 1 is 0.966 bits per heavy atom. The first-order valence-corrected chi connectivity index (χ1v) is 10.4. The second kappa shape index (κ2) is 9.40. The molecular weight excluding hydrogens is 393 g/mol. The van der Waals surface area contributed by atoms with Gasteiger partial charge in [-0.3, -0.25) is 9.78 Å². The van der Waals surface area contributed by atoms with Crippen LogP contribution in [-0.4, -0.2) is 25.4 Å². The lowest BCUT2D eigenvalue weighted by Crippen LogP contribution is -2.47. The highest BCUT2D eigenvalue weighted by molar-refractivity contribution is 7.89. The number of sulfonamides is 1. The van der Waals surface area contributed by atoms with Gasteiger partial charge in [0.25, 0.3) is 0 Å². The molecule has 150 valence electrons. The van der Waals surface area contributed by atoms with Crippen molar-refractivity contribution in [1.29, 1.82) is 0 Å². The number of carbonyl (C=O) groups excluding carboxylic acids is 1. The standard InChI is InChI=1S/C21H20FN3O3S/c22-17-9-11-19(12-10-17)29(27,28)25-20(14-16-6-2-1-3-7-16)21(26)24-15-18-8-4-5-13-23-18/h1-13,20,25H,14-15H2,(H,24,26)/t20-/m0/s1. The van der Waals surface area contributed by atoms with Crippen LogP contribution < -0.4 is 10.0 Å². The van der Waals surface area contributed by atoms with Crippen LogP contribution in [0.15, 0.2) is 83.9 Å². The molecule has 2 N–H and O–H groups in total. The maximum absolute atomic E-state index is 13.1. The molecule has 1 amide bonds. The lowest BCUT2D eigenvalue weighted by molar-refractivity contribution is -0.122. The van der Waals surface area contributed by atoms with Crippen molar-refractivity contribution in [1.82, 2.24) is 15.0 Å². The second-order valence-electron chi connectivity index (χ2n) is 6.36. The zero-order valence-electron chi connectivity index (χ0n) is 15.5. The van der Waals surface area contributed by atoms with Crippen molar-refractivity contribution >= 4 is 15.9 Å². The normalized spacial score (nSPS) is 12.3. The first kappa shape index (κ1) is 20.6. The number of amides is 1. The van der Waals surface area contributed by atoms with Crippen LogP contribution in [0.5, 0.6) is 0 Å². The number of aromatic nitrogens is 1. The molecule has 3 aromatic rings. The van der Waals surface area contributed by atoms with Crippen LogP contribution in [0, 0.1) is 5.82 Å². The van der Waals surface area contributed by atoms with Crippen molar-refractivity contribution in [2.75, 3.05) is 0 Å². The Morgan fingerprint density at radius 2 is 1.66 bits per heavy atom.